The van der Waals surface area contributed by atoms with Gasteiger partial charge in [-0.05, 0) is 54.6 Å². The van der Waals surface area contributed by atoms with Crippen LogP contribution in [0.15, 0.2) is 76.0 Å². The number of nitrogens with zero attached hydrogens (tertiary/aromatic N) is 2. The van der Waals surface area contributed by atoms with E-state index < -0.39 is 0 Å². The minimum Gasteiger partial charge on any atom is -0.493 e. The van der Waals surface area contributed by atoms with Crippen LogP contribution in [0.25, 0.3) is 28.7 Å². The Morgan fingerprint density at radius 3 is 2.40 bits per heavy atom. The molecular weight excluding hydrogens is 444 g/mol. The number of para-hydroxylation sites is 2. The summed E-state index contributed by atoms with van der Waals surface area (Å²) < 4.78 is 13.4. The summed E-state index contributed by atoms with van der Waals surface area (Å²) in [6, 6.07) is 20.5. The zero-order valence-corrected chi connectivity index (χ0v) is 18.1. The first kappa shape index (κ1) is 19.9. The van der Waals surface area contributed by atoms with Crippen LogP contribution in [0.1, 0.15) is 11.4 Å². The van der Waals surface area contributed by atoms with Gasteiger partial charge in [0, 0.05) is 10.0 Å². The second-order valence-corrected chi connectivity index (χ2v) is 7.44. The second kappa shape index (κ2) is 8.55. The number of benzene rings is 3. The summed E-state index contributed by atoms with van der Waals surface area (Å²) in [4.78, 5) is 18.0. The van der Waals surface area contributed by atoms with Crippen molar-refractivity contribution in [2.45, 2.75) is 0 Å². The van der Waals surface area contributed by atoms with Crippen LogP contribution in [-0.4, -0.2) is 23.8 Å². The highest BCUT2D eigenvalue weighted by molar-refractivity contribution is 9.10. The average molecular weight is 463 g/mol. The highest BCUT2D eigenvalue weighted by Gasteiger charge is 2.12. The topological polar surface area (TPSA) is 53.3 Å². The van der Waals surface area contributed by atoms with Gasteiger partial charge in [-0.15, -0.1) is 0 Å². The van der Waals surface area contributed by atoms with Gasteiger partial charge in [0.05, 0.1) is 30.8 Å². The van der Waals surface area contributed by atoms with Crippen molar-refractivity contribution in [1.29, 1.82) is 0 Å². The van der Waals surface area contributed by atoms with Crippen molar-refractivity contribution in [1.82, 2.24) is 9.55 Å². The maximum absolute atomic E-state index is 13.3. The highest BCUT2D eigenvalue weighted by Crippen LogP contribution is 2.32. The van der Waals surface area contributed by atoms with Gasteiger partial charge in [-0.2, -0.15) is 0 Å². The van der Waals surface area contributed by atoms with Crippen molar-refractivity contribution in [3.8, 4) is 17.2 Å². The van der Waals surface area contributed by atoms with Gasteiger partial charge in [0.25, 0.3) is 5.56 Å². The van der Waals surface area contributed by atoms with Gasteiger partial charge >= 0.3 is 0 Å². The fraction of sp³-hybridized carbons (Fsp3) is 0.0833. The van der Waals surface area contributed by atoms with E-state index in [9.17, 15) is 4.79 Å². The third-order valence-electron chi connectivity index (χ3n) is 4.73. The van der Waals surface area contributed by atoms with Gasteiger partial charge in [0.1, 0.15) is 5.82 Å². The molecule has 0 unspecified atom stereocenters. The van der Waals surface area contributed by atoms with Crippen molar-refractivity contribution >= 4 is 39.0 Å². The molecule has 5 nitrogen and oxygen atoms in total. The van der Waals surface area contributed by atoms with E-state index in [0.717, 1.165) is 15.7 Å². The third kappa shape index (κ3) is 3.74. The zero-order valence-electron chi connectivity index (χ0n) is 16.5. The van der Waals surface area contributed by atoms with Gasteiger partial charge < -0.3 is 9.47 Å². The van der Waals surface area contributed by atoms with E-state index in [1.165, 1.54) is 0 Å². The lowest BCUT2D eigenvalue weighted by atomic mass is 10.1. The number of fused-ring (bicyclic) bond motifs is 1. The molecule has 0 amide bonds. The minimum atomic E-state index is -0.125. The predicted octanol–water partition coefficient (Wildman–Crippen LogP) is 5.34. The summed E-state index contributed by atoms with van der Waals surface area (Å²) in [6.45, 7) is 0. The van der Waals surface area contributed by atoms with E-state index in [0.29, 0.717) is 28.2 Å². The molecule has 4 rings (SSSR count). The first-order chi connectivity index (χ1) is 14.6. The van der Waals surface area contributed by atoms with Crippen molar-refractivity contribution in [3.05, 3.63) is 92.9 Å². The number of rotatable bonds is 5. The molecule has 0 aliphatic rings. The van der Waals surface area contributed by atoms with Crippen LogP contribution in [-0.2, 0) is 0 Å². The maximum atomic E-state index is 13.3. The largest absolute Gasteiger partial charge is 0.493 e. The number of ether oxygens (including phenoxy) is 2. The summed E-state index contributed by atoms with van der Waals surface area (Å²) in [5, 5.41) is 0.566. The summed E-state index contributed by atoms with van der Waals surface area (Å²) in [5.41, 5.74) is 2.08. The summed E-state index contributed by atoms with van der Waals surface area (Å²) in [5.74, 6) is 1.77. The molecule has 0 atom stereocenters. The second-order valence-electron chi connectivity index (χ2n) is 6.52. The van der Waals surface area contributed by atoms with Gasteiger partial charge in [-0.1, -0.05) is 40.2 Å². The summed E-state index contributed by atoms with van der Waals surface area (Å²) in [7, 11) is 3.20. The molecule has 0 radical (unpaired) electrons. The molecule has 150 valence electrons. The van der Waals surface area contributed by atoms with E-state index in [1.807, 2.05) is 72.8 Å². The Balaban J connectivity index is 1.92. The number of methoxy groups -OCH3 is 2. The van der Waals surface area contributed by atoms with Crippen LogP contribution in [0.3, 0.4) is 0 Å². The molecule has 1 heterocycles. The summed E-state index contributed by atoms with van der Waals surface area (Å²) >= 11 is 3.44. The Bertz CT molecular complexity index is 1290. The lowest BCUT2D eigenvalue weighted by molar-refractivity contribution is 0.354. The molecule has 30 heavy (non-hydrogen) atoms. The molecule has 0 bridgehead atoms. The molecule has 0 fully saturated rings. The summed E-state index contributed by atoms with van der Waals surface area (Å²) in [6.07, 6.45) is 3.68. The Labute approximate surface area is 182 Å². The first-order valence-corrected chi connectivity index (χ1v) is 10.1. The Hall–Kier alpha value is -3.38. The molecule has 0 saturated carbocycles. The van der Waals surface area contributed by atoms with E-state index in [-0.39, 0.29) is 5.56 Å². The number of aromatic nitrogens is 2. The highest BCUT2D eigenvalue weighted by atomic mass is 79.9. The molecule has 6 heteroatoms. The van der Waals surface area contributed by atoms with Gasteiger partial charge in [-0.25, -0.2) is 4.98 Å². The smallest absolute Gasteiger partial charge is 0.266 e. The quantitative estimate of drug-likeness (QED) is 0.401. The zero-order chi connectivity index (χ0) is 21.1. The molecule has 0 saturated heterocycles. The molecule has 0 N–H and O–H groups in total. The fourth-order valence-electron chi connectivity index (χ4n) is 3.31. The van der Waals surface area contributed by atoms with Crippen LogP contribution in [0, 0.1) is 0 Å². The molecule has 4 aromatic rings. The normalized spacial score (nSPS) is 11.2. The molecule has 0 aliphatic heterocycles. The van der Waals surface area contributed by atoms with Crippen LogP contribution in [0.5, 0.6) is 11.5 Å². The minimum absolute atomic E-state index is 0.125. The Morgan fingerprint density at radius 1 is 0.900 bits per heavy atom. The lowest BCUT2D eigenvalue weighted by Gasteiger charge is -2.12. The van der Waals surface area contributed by atoms with Crippen molar-refractivity contribution in [2.75, 3.05) is 14.2 Å². The Kier molecular flexibility index (Phi) is 5.68. The molecule has 1 aromatic heterocycles. The maximum Gasteiger partial charge on any atom is 0.266 e. The van der Waals surface area contributed by atoms with E-state index >= 15 is 0 Å². The fourth-order valence-corrected chi connectivity index (χ4v) is 3.57. The van der Waals surface area contributed by atoms with Crippen LogP contribution in [0.4, 0.5) is 0 Å². The van der Waals surface area contributed by atoms with Crippen LogP contribution >= 0.6 is 15.9 Å². The van der Waals surface area contributed by atoms with E-state index in [1.54, 1.807) is 24.9 Å². The van der Waals surface area contributed by atoms with Crippen molar-refractivity contribution < 1.29 is 9.47 Å². The van der Waals surface area contributed by atoms with Crippen molar-refractivity contribution in [3.63, 3.8) is 0 Å². The van der Waals surface area contributed by atoms with Gasteiger partial charge in [0.15, 0.2) is 11.5 Å². The molecule has 0 aliphatic carbocycles. The predicted molar refractivity (Wildman–Crippen MR) is 124 cm³/mol. The van der Waals surface area contributed by atoms with E-state index in [2.05, 4.69) is 15.9 Å². The Morgan fingerprint density at radius 2 is 1.67 bits per heavy atom. The number of halogens is 1. The first-order valence-electron chi connectivity index (χ1n) is 9.29. The molecule has 0 spiro atoms. The third-order valence-corrected chi connectivity index (χ3v) is 5.26. The van der Waals surface area contributed by atoms with Crippen LogP contribution < -0.4 is 15.0 Å². The molecular formula is C24H19BrN2O3. The average Bonchev–Trinajstić information content (AvgIpc) is 2.78. The standard InChI is InChI=1S/C24H19BrN2O3/c1-29-21-9-5-6-16(23(21)30-2)10-15-22-26-20-8-4-3-7-19(20)24(28)27(22)18-13-11-17(25)12-14-18/h3-15H,1-2H3. The SMILES string of the molecule is COc1cccc(C=Cc2nc3ccccc3c(=O)n2-c2ccc(Br)cc2)c1OC. The monoisotopic (exact) mass is 462 g/mol. The number of hydrogen-bond acceptors (Lipinski definition) is 4. The van der Waals surface area contributed by atoms with Gasteiger partial charge in [0.2, 0.25) is 0 Å². The lowest BCUT2D eigenvalue weighted by Crippen LogP contribution is -2.22. The van der Waals surface area contributed by atoms with E-state index in [4.69, 9.17) is 14.5 Å². The number of hydrogen-bond donors (Lipinski definition) is 0. The van der Waals surface area contributed by atoms with Gasteiger partial charge in [-0.3, -0.25) is 9.36 Å². The molecule has 3 aromatic carbocycles. The van der Waals surface area contributed by atoms with Crippen LogP contribution in [0.2, 0.25) is 0 Å². The van der Waals surface area contributed by atoms with Crippen molar-refractivity contribution in [2.24, 2.45) is 0 Å².